The molecule has 1 fully saturated rings. The Labute approximate surface area is 137 Å². The van der Waals surface area contributed by atoms with Crippen LogP contribution in [0.25, 0.3) is 0 Å². The van der Waals surface area contributed by atoms with Gasteiger partial charge in [-0.15, -0.1) is 11.8 Å². The molecular formula is C16H26N4OS. The Hall–Kier alpha value is -1.30. The first-order valence-corrected chi connectivity index (χ1v) is 9.15. The Morgan fingerprint density at radius 3 is 2.59 bits per heavy atom. The zero-order valence-electron chi connectivity index (χ0n) is 13.9. The van der Waals surface area contributed by atoms with Crippen molar-refractivity contribution >= 4 is 23.5 Å². The maximum absolute atomic E-state index is 12.3. The van der Waals surface area contributed by atoms with Gasteiger partial charge in [-0.3, -0.25) is 9.78 Å². The van der Waals surface area contributed by atoms with Crippen LogP contribution in [0.1, 0.15) is 33.6 Å². The van der Waals surface area contributed by atoms with E-state index < -0.39 is 0 Å². The van der Waals surface area contributed by atoms with Crippen LogP contribution in [-0.2, 0) is 4.79 Å². The smallest absolute Gasteiger partial charge is 0.223 e. The molecule has 1 aliphatic rings. The fourth-order valence-corrected chi connectivity index (χ4v) is 2.82. The molecule has 5 nitrogen and oxygen atoms in total. The number of hydrogen-bond acceptors (Lipinski definition) is 5. The number of amides is 1. The molecule has 122 valence electrons. The summed E-state index contributed by atoms with van der Waals surface area (Å²) in [6.45, 7) is 8.05. The van der Waals surface area contributed by atoms with Gasteiger partial charge in [-0.1, -0.05) is 13.8 Å². The monoisotopic (exact) mass is 322 g/mol. The third kappa shape index (κ3) is 4.35. The lowest BCUT2D eigenvalue weighted by atomic mass is 9.95. The minimum absolute atomic E-state index is 0.120. The molecule has 6 heteroatoms. The molecule has 0 aromatic carbocycles. The molecule has 0 bridgehead atoms. The highest BCUT2D eigenvalue weighted by Gasteiger charge is 2.26. The van der Waals surface area contributed by atoms with Gasteiger partial charge < -0.3 is 10.2 Å². The van der Waals surface area contributed by atoms with Crippen molar-refractivity contribution in [3.05, 3.63) is 12.4 Å². The Morgan fingerprint density at radius 2 is 2.00 bits per heavy atom. The first-order valence-electron chi connectivity index (χ1n) is 7.92. The molecule has 0 radical (unpaired) electrons. The number of thioether (sulfide) groups is 1. The number of nitrogens with one attached hydrogen (secondary N) is 1. The molecule has 0 aliphatic carbocycles. The summed E-state index contributed by atoms with van der Waals surface area (Å²) in [6, 6.07) is 0.231. The average molecular weight is 322 g/mol. The lowest BCUT2D eigenvalue weighted by Crippen LogP contribution is -2.44. The van der Waals surface area contributed by atoms with Gasteiger partial charge in [0.15, 0.2) is 0 Å². The van der Waals surface area contributed by atoms with Crippen molar-refractivity contribution in [3.8, 4) is 0 Å². The van der Waals surface area contributed by atoms with E-state index >= 15 is 0 Å². The van der Waals surface area contributed by atoms with Gasteiger partial charge in [0.25, 0.3) is 0 Å². The molecular weight excluding hydrogens is 296 g/mol. The third-order valence-corrected chi connectivity index (χ3v) is 4.98. The average Bonchev–Trinajstić information content (AvgIpc) is 2.54. The molecule has 1 aliphatic heterocycles. The predicted molar refractivity (Wildman–Crippen MR) is 91.2 cm³/mol. The van der Waals surface area contributed by atoms with Gasteiger partial charge in [-0.25, -0.2) is 4.98 Å². The summed E-state index contributed by atoms with van der Waals surface area (Å²) in [4.78, 5) is 23.3. The quantitative estimate of drug-likeness (QED) is 0.844. The number of piperidine rings is 1. The van der Waals surface area contributed by atoms with Crippen molar-refractivity contribution in [2.24, 2.45) is 11.8 Å². The normalized spacial score (nSPS) is 17.6. The van der Waals surface area contributed by atoms with E-state index in [0.29, 0.717) is 5.92 Å². The summed E-state index contributed by atoms with van der Waals surface area (Å²) in [5.41, 5.74) is 0. The second-order valence-corrected chi connectivity index (χ2v) is 7.05. The van der Waals surface area contributed by atoms with Gasteiger partial charge in [-0.05, 0) is 31.9 Å². The van der Waals surface area contributed by atoms with Crippen molar-refractivity contribution in [3.63, 3.8) is 0 Å². The number of hydrogen-bond donors (Lipinski definition) is 1. The molecule has 2 rings (SSSR count). The molecule has 1 aromatic heterocycles. The van der Waals surface area contributed by atoms with E-state index in [9.17, 15) is 4.79 Å². The van der Waals surface area contributed by atoms with Crippen LogP contribution in [0.4, 0.5) is 5.82 Å². The van der Waals surface area contributed by atoms with Crippen molar-refractivity contribution in [2.75, 3.05) is 24.2 Å². The Morgan fingerprint density at radius 1 is 1.32 bits per heavy atom. The molecule has 0 saturated carbocycles. The highest BCUT2D eigenvalue weighted by molar-refractivity contribution is 7.98. The van der Waals surface area contributed by atoms with Crippen LogP contribution in [0.2, 0.25) is 0 Å². The minimum Gasteiger partial charge on any atom is -0.355 e. The van der Waals surface area contributed by atoms with E-state index in [0.717, 1.165) is 36.8 Å². The van der Waals surface area contributed by atoms with E-state index in [1.165, 1.54) is 0 Å². The molecule has 1 atom stereocenters. The summed E-state index contributed by atoms with van der Waals surface area (Å²) >= 11 is 1.60. The van der Waals surface area contributed by atoms with Crippen LogP contribution < -0.4 is 10.2 Å². The SMILES string of the molecule is CSc1cncc(N2CCC(C(=O)N[C@H](C)C(C)C)CC2)n1. The van der Waals surface area contributed by atoms with Crippen LogP contribution in [0, 0.1) is 11.8 Å². The first kappa shape index (κ1) is 17.1. The molecule has 1 amide bonds. The Kier molecular flexibility index (Phi) is 6.06. The van der Waals surface area contributed by atoms with Gasteiger partial charge in [0.05, 0.1) is 12.4 Å². The van der Waals surface area contributed by atoms with Crippen LogP contribution in [-0.4, -0.2) is 41.3 Å². The summed E-state index contributed by atoms with van der Waals surface area (Å²) < 4.78 is 0. The maximum atomic E-state index is 12.3. The van der Waals surface area contributed by atoms with Crippen LogP contribution in [0.3, 0.4) is 0 Å². The molecule has 0 spiro atoms. The number of rotatable bonds is 5. The third-order valence-electron chi connectivity index (χ3n) is 4.37. The second-order valence-electron chi connectivity index (χ2n) is 6.22. The topological polar surface area (TPSA) is 58.1 Å². The van der Waals surface area contributed by atoms with Crippen molar-refractivity contribution in [2.45, 2.75) is 44.7 Å². The van der Waals surface area contributed by atoms with Crippen LogP contribution >= 0.6 is 11.8 Å². The molecule has 1 N–H and O–H groups in total. The first-order chi connectivity index (χ1) is 10.5. The number of carbonyl (C=O) groups excluding carboxylic acids is 1. The second kappa shape index (κ2) is 7.81. The van der Waals surface area contributed by atoms with Crippen molar-refractivity contribution < 1.29 is 4.79 Å². The van der Waals surface area contributed by atoms with E-state index in [-0.39, 0.29) is 17.9 Å². The van der Waals surface area contributed by atoms with E-state index in [1.54, 1.807) is 24.2 Å². The van der Waals surface area contributed by atoms with E-state index in [1.807, 2.05) is 6.26 Å². The van der Waals surface area contributed by atoms with Gasteiger partial charge in [-0.2, -0.15) is 0 Å². The highest BCUT2D eigenvalue weighted by atomic mass is 32.2. The summed E-state index contributed by atoms with van der Waals surface area (Å²) in [6.07, 6.45) is 7.34. The Balaban J connectivity index is 1.88. The molecule has 0 unspecified atom stereocenters. The van der Waals surface area contributed by atoms with Gasteiger partial charge in [0.1, 0.15) is 10.8 Å². The highest BCUT2D eigenvalue weighted by Crippen LogP contribution is 2.23. The van der Waals surface area contributed by atoms with Crippen molar-refractivity contribution in [1.29, 1.82) is 0 Å². The number of carbonyl (C=O) groups is 1. The zero-order valence-corrected chi connectivity index (χ0v) is 14.7. The molecule has 1 saturated heterocycles. The fourth-order valence-electron chi connectivity index (χ4n) is 2.47. The number of aromatic nitrogens is 2. The van der Waals surface area contributed by atoms with Gasteiger partial charge in [0, 0.05) is 25.0 Å². The lowest BCUT2D eigenvalue weighted by molar-refractivity contribution is -0.126. The van der Waals surface area contributed by atoms with Crippen LogP contribution in [0.15, 0.2) is 17.4 Å². The number of nitrogens with zero attached hydrogens (tertiary/aromatic N) is 3. The summed E-state index contributed by atoms with van der Waals surface area (Å²) in [5.74, 6) is 1.70. The lowest BCUT2D eigenvalue weighted by Gasteiger charge is -2.32. The van der Waals surface area contributed by atoms with Crippen LogP contribution in [0.5, 0.6) is 0 Å². The zero-order chi connectivity index (χ0) is 16.1. The van der Waals surface area contributed by atoms with Gasteiger partial charge in [0.2, 0.25) is 5.91 Å². The van der Waals surface area contributed by atoms with Gasteiger partial charge >= 0.3 is 0 Å². The molecule has 2 heterocycles. The molecule has 22 heavy (non-hydrogen) atoms. The minimum atomic E-state index is 0.120. The molecule has 1 aromatic rings. The van der Waals surface area contributed by atoms with E-state index in [4.69, 9.17) is 0 Å². The maximum Gasteiger partial charge on any atom is 0.223 e. The summed E-state index contributed by atoms with van der Waals surface area (Å²) in [7, 11) is 0. The number of anilines is 1. The standard InChI is InChI=1S/C16H26N4OS/c1-11(2)12(3)18-16(21)13-5-7-20(8-6-13)14-9-17-10-15(19-14)22-4/h9-13H,5-8H2,1-4H3,(H,18,21)/t12-/m1/s1. The van der Waals surface area contributed by atoms with Crippen molar-refractivity contribution in [1.82, 2.24) is 15.3 Å². The predicted octanol–water partition coefficient (Wildman–Crippen LogP) is 2.58. The summed E-state index contributed by atoms with van der Waals surface area (Å²) in [5, 5.41) is 4.07. The fraction of sp³-hybridized carbons (Fsp3) is 0.688. The van der Waals surface area contributed by atoms with E-state index in [2.05, 4.69) is 41.0 Å². The Bertz CT molecular complexity index is 501. The largest absolute Gasteiger partial charge is 0.355 e.